The summed E-state index contributed by atoms with van der Waals surface area (Å²) in [5.41, 5.74) is 1.94. The van der Waals surface area contributed by atoms with Crippen LogP contribution >= 0.6 is 15.9 Å². The monoisotopic (exact) mass is 456 g/mol. The van der Waals surface area contributed by atoms with Crippen molar-refractivity contribution >= 4 is 45.3 Å². The number of carbonyl (C=O) groups excluding carboxylic acids is 2. The van der Waals surface area contributed by atoms with Gasteiger partial charge in [-0.25, -0.2) is 4.79 Å². The first kappa shape index (κ1) is 20.5. The number of non-ortho nitro benzene ring substituents is 1. The van der Waals surface area contributed by atoms with Crippen molar-refractivity contribution in [2.45, 2.75) is 13.8 Å². The average Bonchev–Trinajstić information content (AvgIpc) is 2.93. The molecule has 148 valence electrons. The molecule has 0 N–H and O–H groups in total. The number of hydrogen-bond donors (Lipinski definition) is 0. The summed E-state index contributed by atoms with van der Waals surface area (Å²) >= 11 is 3.36. The number of nitro benzene ring substituents is 1. The number of allylic oxidation sites excluding steroid dienone is 1. The van der Waals surface area contributed by atoms with Gasteiger partial charge in [-0.2, -0.15) is 0 Å². The quantitative estimate of drug-likeness (QED) is 0.283. The van der Waals surface area contributed by atoms with Gasteiger partial charge < -0.3 is 4.74 Å². The zero-order valence-electron chi connectivity index (χ0n) is 15.7. The van der Waals surface area contributed by atoms with Crippen LogP contribution in [0.5, 0.6) is 0 Å². The van der Waals surface area contributed by atoms with E-state index in [-0.39, 0.29) is 29.3 Å². The van der Waals surface area contributed by atoms with Crippen LogP contribution in [0.15, 0.2) is 69.8 Å². The van der Waals surface area contributed by atoms with Gasteiger partial charge in [0.2, 0.25) is 0 Å². The Bertz CT molecular complexity index is 1040. The lowest BCUT2D eigenvalue weighted by Gasteiger charge is -2.18. The Morgan fingerprint density at radius 3 is 2.34 bits per heavy atom. The summed E-state index contributed by atoms with van der Waals surface area (Å²) in [6.45, 7) is 3.55. The second kappa shape index (κ2) is 8.40. The smallest absolute Gasteiger partial charge is 0.340 e. The van der Waals surface area contributed by atoms with E-state index in [1.54, 1.807) is 44.2 Å². The third-order valence-electron chi connectivity index (χ3n) is 4.38. The summed E-state index contributed by atoms with van der Waals surface area (Å²) in [6.07, 6.45) is 1.54. The number of carbonyl (C=O) groups is 2. The summed E-state index contributed by atoms with van der Waals surface area (Å²) in [5, 5.41) is 10.8. The van der Waals surface area contributed by atoms with E-state index in [0.29, 0.717) is 16.9 Å². The Morgan fingerprint density at radius 2 is 1.79 bits per heavy atom. The minimum absolute atomic E-state index is 0.0567. The molecule has 0 radical (unpaired) electrons. The normalized spacial score (nSPS) is 15.2. The molecule has 0 bridgehead atoms. The van der Waals surface area contributed by atoms with Gasteiger partial charge in [0.15, 0.2) is 0 Å². The number of benzene rings is 2. The van der Waals surface area contributed by atoms with Crippen molar-refractivity contribution < 1.29 is 19.2 Å². The third-order valence-corrected chi connectivity index (χ3v) is 4.91. The molecular weight excluding hydrogens is 440 g/mol. The van der Waals surface area contributed by atoms with Gasteiger partial charge in [0, 0.05) is 28.0 Å². The number of hydrogen-bond acceptors (Lipinski definition) is 5. The lowest BCUT2D eigenvalue weighted by Crippen LogP contribution is -2.24. The highest BCUT2D eigenvalue weighted by molar-refractivity contribution is 9.10. The van der Waals surface area contributed by atoms with Gasteiger partial charge in [-0.1, -0.05) is 15.9 Å². The number of ether oxygens (including phenoxy) is 1. The van der Waals surface area contributed by atoms with Gasteiger partial charge in [-0.3, -0.25) is 19.8 Å². The Morgan fingerprint density at radius 1 is 1.17 bits per heavy atom. The second-order valence-corrected chi connectivity index (χ2v) is 7.12. The van der Waals surface area contributed by atoms with Crippen molar-refractivity contribution in [2.75, 3.05) is 11.5 Å². The molecular formula is C21H17BrN2O5. The molecule has 0 unspecified atom stereocenters. The fourth-order valence-corrected chi connectivity index (χ4v) is 3.31. The van der Waals surface area contributed by atoms with Crippen molar-refractivity contribution in [1.82, 2.24) is 0 Å². The first-order chi connectivity index (χ1) is 13.8. The van der Waals surface area contributed by atoms with Crippen LogP contribution in [0.25, 0.3) is 6.08 Å². The largest absolute Gasteiger partial charge is 0.462 e. The van der Waals surface area contributed by atoms with Crippen molar-refractivity contribution in [2.24, 2.45) is 0 Å². The number of rotatable bonds is 5. The molecule has 0 aromatic heterocycles. The average molecular weight is 457 g/mol. The van der Waals surface area contributed by atoms with E-state index in [1.807, 2.05) is 0 Å². The van der Waals surface area contributed by atoms with Crippen LogP contribution in [0.2, 0.25) is 0 Å². The van der Waals surface area contributed by atoms with Crippen molar-refractivity contribution in [3.63, 3.8) is 0 Å². The molecule has 0 saturated carbocycles. The van der Waals surface area contributed by atoms with Gasteiger partial charge in [0.05, 0.1) is 22.7 Å². The standard InChI is InChI=1S/C21H17BrN2O5/c1-3-29-21(26)19-13(2)23(16-10-6-15(22)7-11-16)20(25)18(19)12-14-4-8-17(9-5-14)24(27)28/h4-12H,3H2,1-2H3/b18-12-. The summed E-state index contributed by atoms with van der Waals surface area (Å²) in [7, 11) is 0. The number of nitro groups is 1. The van der Waals surface area contributed by atoms with Crippen LogP contribution < -0.4 is 4.90 Å². The fraction of sp³-hybridized carbons (Fsp3) is 0.143. The van der Waals surface area contributed by atoms with Crippen LogP contribution in [-0.2, 0) is 14.3 Å². The lowest BCUT2D eigenvalue weighted by molar-refractivity contribution is -0.384. The van der Waals surface area contributed by atoms with Gasteiger partial charge in [-0.05, 0) is 61.9 Å². The molecule has 2 aromatic carbocycles. The summed E-state index contributed by atoms with van der Waals surface area (Å²) in [4.78, 5) is 37.6. The van der Waals surface area contributed by atoms with E-state index >= 15 is 0 Å². The van der Waals surface area contributed by atoms with Crippen LogP contribution in [-0.4, -0.2) is 23.4 Å². The highest BCUT2D eigenvalue weighted by Crippen LogP contribution is 2.36. The highest BCUT2D eigenvalue weighted by atomic mass is 79.9. The SMILES string of the molecule is CCOC(=O)C1=C(C)N(c2ccc(Br)cc2)C(=O)/C1=C\c1ccc([N+](=O)[O-])cc1. The molecule has 1 aliphatic rings. The van der Waals surface area contributed by atoms with E-state index in [2.05, 4.69) is 15.9 Å². The maximum Gasteiger partial charge on any atom is 0.340 e. The van der Waals surface area contributed by atoms with Crippen LogP contribution in [0.4, 0.5) is 11.4 Å². The van der Waals surface area contributed by atoms with Gasteiger partial charge in [0.1, 0.15) is 0 Å². The van der Waals surface area contributed by atoms with E-state index in [1.165, 1.54) is 29.2 Å². The van der Waals surface area contributed by atoms with E-state index in [0.717, 1.165) is 4.47 Å². The van der Waals surface area contributed by atoms with Gasteiger partial charge in [0.25, 0.3) is 11.6 Å². The molecule has 3 rings (SSSR count). The number of halogens is 1. The van der Waals surface area contributed by atoms with Gasteiger partial charge >= 0.3 is 5.97 Å². The van der Waals surface area contributed by atoms with Crippen molar-refractivity contribution in [1.29, 1.82) is 0 Å². The summed E-state index contributed by atoms with van der Waals surface area (Å²) in [5.74, 6) is -0.961. The van der Waals surface area contributed by atoms with Gasteiger partial charge in [-0.15, -0.1) is 0 Å². The molecule has 0 atom stereocenters. The minimum Gasteiger partial charge on any atom is -0.462 e. The number of esters is 1. The number of nitrogens with zero attached hydrogens (tertiary/aromatic N) is 2. The Balaban J connectivity index is 2.08. The molecule has 1 amide bonds. The number of amides is 1. The van der Waals surface area contributed by atoms with Crippen molar-refractivity contribution in [3.05, 3.63) is 85.5 Å². The maximum atomic E-state index is 13.2. The molecule has 0 saturated heterocycles. The zero-order chi connectivity index (χ0) is 21.1. The molecule has 8 heteroatoms. The Labute approximate surface area is 175 Å². The second-order valence-electron chi connectivity index (χ2n) is 6.20. The molecule has 0 fully saturated rings. The number of anilines is 1. The molecule has 2 aromatic rings. The first-order valence-electron chi connectivity index (χ1n) is 8.78. The van der Waals surface area contributed by atoms with Crippen LogP contribution in [0.3, 0.4) is 0 Å². The Kier molecular flexibility index (Phi) is 5.93. The highest BCUT2D eigenvalue weighted by Gasteiger charge is 2.38. The summed E-state index contributed by atoms with van der Waals surface area (Å²) < 4.78 is 6.02. The molecule has 1 heterocycles. The molecule has 7 nitrogen and oxygen atoms in total. The maximum absolute atomic E-state index is 13.2. The molecule has 29 heavy (non-hydrogen) atoms. The van der Waals surface area contributed by atoms with Crippen LogP contribution in [0, 0.1) is 10.1 Å². The molecule has 1 aliphatic heterocycles. The molecule has 0 aliphatic carbocycles. The predicted molar refractivity (Wildman–Crippen MR) is 112 cm³/mol. The summed E-state index contributed by atoms with van der Waals surface area (Å²) in [6, 6.07) is 12.9. The first-order valence-corrected chi connectivity index (χ1v) is 9.57. The van der Waals surface area contributed by atoms with E-state index in [9.17, 15) is 19.7 Å². The lowest BCUT2D eigenvalue weighted by atomic mass is 10.0. The predicted octanol–water partition coefficient (Wildman–Crippen LogP) is 4.62. The van der Waals surface area contributed by atoms with E-state index < -0.39 is 10.9 Å². The van der Waals surface area contributed by atoms with E-state index in [4.69, 9.17) is 4.74 Å². The molecule has 0 spiro atoms. The fourth-order valence-electron chi connectivity index (χ4n) is 3.04. The van der Waals surface area contributed by atoms with Crippen LogP contribution in [0.1, 0.15) is 19.4 Å². The topological polar surface area (TPSA) is 89.8 Å². The third kappa shape index (κ3) is 4.12. The minimum atomic E-state index is -0.592. The van der Waals surface area contributed by atoms with Crippen molar-refractivity contribution in [3.8, 4) is 0 Å². The zero-order valence-corrected chi connectivity index (χ0v) is 17.3. The Hall–Kier alpha value is -3.26.